The summed E-state index contributed by atoms with van der Waals surface area (Å²) in [6, 6.07) is 3.54. The highest BCUT2D eigenvalue weighted by Gasteiger charge is 2.18. The number of hydrogen-bond donors (Lipinski definition) is 2. The fraction of sp³-hybridized carbons (Fsp3) is 0.538. The van der Waals surface area contributed by atoms with Crippen LogP contribution in [-0.4, -0.2) is 16.1 Å². The van der Waals surface area contributed by atoms with Crippen LogP contribution in [0, 0.1) is 0 Å². The Labute approximate surface area is 101 Å². The molecule has 1 aromatic rings. The third-order valence-corrected chi connectivity index (χ3v) is 3.42. The second kappa shape index (κ2) is 5.17. The van der Waals surface area contributed by atoms with Crippen LogP contribution in [0.15, 0.2) is 12.1 Å². The van der Waals surface area contributed by atoms with Crippen LogP contribution in [0.25, 0.3) is 0 Å². The second-order valence-corrected chi connectivity index (χ2v) is 4.67. The quantitative estimate of drug-likeness (QED) is 0.771. The summed E-state index contributed by atoms with van der Waals surface area (Å²) in [6.07, 6.45) is 7.18. The first-order valence-corrected chi connectivity index (χ1v) is 6.18. The van der Waals surface area contributed by atoms with Crippen LogP contribution in [0.3, 0.4) is 0 Å². The van der Waals surface area contributed by atoms with Crippen molar-refractivity contribution in [1.29, 1.82) is 0 Å². The van der Waals surface area contributed by atoms with E-state index in [0.717, 1.165) is 18.5 Å². The minimum absolute atomic E-state index is 0.00764. The van der Waals surface area contributed by atoms with Crippen molar-refractivity contribution in [1.82, 2.24) is 4.98 Å². The van der Waals surface area contributed by atoms with Gasteiger partial charge >= 0.3 is 5.97 Å². The van der Waals surface area contributed by atoms with Crippen molar-refractivity contribution in [3.63, 3.8) is 0 Å². The van der Waals surface area contributed by atoms with Crippen molar-refractivity contribution in [2.45, 2.75) is 44.4 Å². The molecule has 1 saturated carbocycles. The average molecular weight is 234 g/mol. The van der Waals surface area contributed by atoms with Crippen LogP contribution in [0.2, 0.25) is 0 Å². The molecule has 0 saturated heterocycles. The molecule has 4 heteroatoms. The lowest BCUT2D eigenvalue weighted by atomic mass is 9.96. The first kappa shape index (κ1) is 11.9. The third-order valence-electron chi connectivity index (χ3n) is 3.42. The first-order chi connectivity index (χ1) is 8.18. The highest BCUT2D eigenvalue weighted by molar-refractivity contribution is 5.91. The van der Waals surface area contributed by atoms with E-state index in [-0.39, 0.29) is 11.4 Å². The summed E-state index contributed by atoms with van der Waals surface area (Å²) in [6.45, 7) is 0. The molecule has 3 N–H and O–H groups in total. The van der Waals surface area contributed by atoms with E-state index in [2.05, 4.69) is 4.98 Å². The molecular weight excluding hydrogens is 216 g/mol. The predicted molar refractivity (Wildman–Crippen MR) is 66.1 cm³/mol. The molecular formula is C13H18N2O2. The van der Waals surface area contributed by atoms with Crippen LogP contribution in [0.4, 0.5) is 5.69 Å². The van der Waals surface area contributed by atoms with Gasteiger partial charge in [-0.1, -0.05) is 25.7 Å². The number of rotatable bonds is 2. The van der Waals surface area contributed by atoms with E-state index >= 15 is 0 Å². The van der Waals surface area contributed by atoms with Gasteiger partial charge in [-0.25, -0.2) is 9.78 Å². The zero-order valence-electron chi connectivity index (χ0n) is 9.85. The Kier molecular flexibility index (Phi) is 3.61. The summed E-state index contributed by atoms with van der Waals surface area (Å²) < 4.78 is 0. The molecule has 0 unspecified atom stereocenters. The molecule has 0 atom stereocenters. The van der Waals surface area contributed by atoms with Gasteiger partial charge in [0.2, 0.25) is 0 Å². The highest BCUT2D eigenvalue weighted by Crippen LogP contribution is 2.31. The first-order valence-electron chi connectivity index (χ1n) is 6.18. The topological polar surface area (TPSA) is 76.2 Å². The lowest BCUT2D eigenvalue weighted by Crippen LogP contribution is -2.09. The average Bonchev–Trinajstić information content (AvgIpc) is 2.58. The Morgan fingerprint density at radius 2 is 1.88 bits per heavy atom. The summed E-state index contributed by atoms with van der Waals surface area (Å²) in [5, 5.41) is 9.00. The summed E-state index contributed by atoms with van der Waals surface area (Å²) in [5.41, 5.74) is 6.73. The maximum atomic E-state index is 11.0. The number of carboxylic acids is 1. The standard InChI is InChI=1S/C13H18N2O2/c14-10-7-8-11(15-12(10)13(16)17)9-5-3-1-2-4-6-9/h7-9H,1-6,14H2,(H,16,17). The van der Waals surface area contributed by atoms with Crippen molar-refractivity contribution in [2.75, 3.05) is 5.73 Å². The van der Waals surface area contributed by atoms with Gasteiger partial charge in [-0.2, -0.15) is 0 Å². The summed E-state index contributed by atoms with van der Waals surface area (Å²) in [7, 11) is 0. The number of carbonyl (C=O) groups is 1. The lowest BCUT2D eigenvalue weighted by Gasteiger charge is -2.14. The van der Waals surface area contributed by atoms with Crippen molar-refractivity contribution in [3.8, 4) is 0 Å². The fourth-order valence-corrected chi connectivity index (χ4v) is 2.46. The third kappa shape index (κ3) is 2.75. The van der Waals surface area contributed by atoms with Crippen molar-refractivity contribution in [2.24, 2.45) is 0 Å². The van der Waals surface area contributed by atoms with E-state index in [4.69, 9.17) is 10.8 Å². The zero-order chi connectivity index (χ0) is 12.3. The Balaban J connectivity index is 2.25. The van der Waals surface area contributed by atoms with Crippen LogP contribution >= 0.6 is 0 Å². The molecule has 0 aliphatic heterocycles. The molecule has 1 heterocycles. The Morgan fingerprint density at radius 1 is 1.24 bits per heavy atom. The molecule has 0 bridgehead atoms. The number of nitrogens with zero attached hydrogens (tertiary/aromatic N) is 1. The number of pyridine rings is 1. The van der Waals surface area contributed by atoms with Gasteiger partial charge < -0.3 is 10.8 Å². The van der Waals surface area contributed by atoms with E-state index in [1.54, 1.807) is 6.07 Å². The maximum Gasteiger partial charge on any atom is 0.356 e. The highest BCUT2D eigenvalue weighted by atomic mass is 16.4. The smallest absolute Gasteiger partial charge is 0.356 e. The fourth-order valence-electron chi connectivity index (χ4n) is 2.46. The molecule has 4 nitrogen and oxygen atoms in total. The summed E-state index contributed by atoms with van der Waals surface area (Å²) >= 11 is 0. The van der Waals surface area contributed by atoms with E-state index < -0.39 is 5.97 Å². The Hall–Kier alpha value is -1.58. The van der Waals surface area contributed by atoms with Crippen LogP contribution in [0.1, 0.15) is 60.6 Å². The van der Waals surface area contributed by atoms with Gasteiger partial charge in [-0.15, -0.1) is 0 Å². The number of aromatic carboxylic acids is 1. The molecule has 0 amide bonds. The SMILES string of the molecule is Nc1ccc(C2CCCCCC2)nc1C(=O)O. The van der Waals surface area contributed by atoms with Gasteiger partial charge in [0.25, 0.3) is 0 Å². The summed E-state index contributed by atoms with van der Waals surface area (Å²) in [5.74, 6) is -0.644. The molecule has 0 aromatic carbocycles. The molecule has 2 rings (SSSR count). The predicted octanol–water partition coefficient (Wildman–Crippen LogP) is 2.80. The van der Waals surface area contributed by atoms with Gasteiger partial charge in [-0.05, 0) is 25.0 Å². The van der Waals surface area contributed by atoms with Crippen LogP contribution in [0.5, 0.6) is 0 Å². The number of carboxylic acid groups (broad SMARTS) is 1. The molecule has 0 radical (unpaired) electrons. The largest absolute Gasteiger partial charge is 0.476 e. The van der Waals surface area contributed by atoms with E-state index in [9.17, 15) is 4.79 Å². The molecule has 1 aliphatic carbocycles. The van der Waals surface area contributed by atoms with Crippen molar-refractivity contribution < 1.29 is 9.90 Å². The lowest BCUT2D eigenvalue weighted by molar-refractivity contribution is 0.0691. The number of aromatic nitrogens is 1. The van der Waals surface area contributed by atoms with Gasteiger partial charge in [-0.3, -0.25) is 0 Å². The van der Waals surface area contributed by atoms with E-state index in [1.807, 2.05) is 6.07 Å². The number of anilines is 1. The minimum Gasteiger partial charge on any atom is -0.476 e. The maximum absolute atomic E-state index is 11.0. The number of nitrogen functional groups attached to an aromatic ring is 1. The van der Waals surface area contributed by atoms with Gasteiger partial charge in [0.15, 0.2) is 5.69 Å². The molecule has 0 spiro atoms. The van der Waals surface area contributed by atoms with Gasteiger partial charge in [0, 0.05) is 11.6 Å². The van der Waals surface area contributed by atoms with Crippen molar-refractivity contribution >= 4 is 11.7 Å². The Bertz CT molecular complexity index is 410. The zero-order valence-corrected chi connectivity index (χ0v) is 9.85. The summed E-state index contributed by atoms with van der Waals surface area (Å²) in [4.78, 5) is 15.2. The molecule has 17 heavy (non-hydrogen) atoms. The van der Waals surface area contributed by atoms with Gasteiger partial charge in [0.1, 0.15) is 0 Å². The number of nitrogens with two attached hydrogens (primary N) is 1. The Morgan fingerprint density at radius 3 is 2.47 bits per heavy atom. The van der Waals surface area contributed by atoms with E-state index in [1.165, 1.54) is 25.7 Å². The minimum atomic E-state index is -1.04. The molecule has 1 fully saturated rings. The van der Waals surface area contributed by atoms with Crippen LogP contribution in [-0.2, 0) is 0 Å². The molecule has 92 valence electrons. The molecule has 1 aliphatic rings. The number of hydrogen-bond acceptors (Lipinski definition) is 3. The van der Waals surface area contributed by atoms with E-state index in [0.29, 0.717) is 5.92 Å². The second-order valence-electron chi connectivity index (χ2n) is 4.67. The molecule has 1 aromatic heterocycles. The van der Waals surface area contributed by atoms with Crippen LogP contribution < -0.4 is 5.73 Å². The normalized spacial score (nSPS) is 17.6. The van der Waals surface area contributed by atoms with Gasteiger partial charge in [0.05, 0.1) is 5.69 Å². The van der Waals surface area contributed by atoms with Crippen molar-refractivity contribution in [3.05, 3.63) is 23.5 Å². The monoisotopic (exact) mass is 234 g/mol.